The standard InChI is InChI=1S/C16H13N5S/c1-10-6-8-11(9-7-10)21-19-14(15(17)20-21)16-18-12-4-2-3-5-13(12)22-16/h2-9H,1H3,(H2,17,20). The summed E-state index contributed by atoms with van der Waals surface area (Å²) in [6.07, 6.45) is 0. The molecule has 2 N–H and O–H groups in total. The van der Waals surface area contributed by atoms with E-state index in [1.54, 1.807) is 16.1 Å². The van der Waals surface area contributed by atoms with E-state index in [0.717, 1.165) is 20.9 Å². The van der Waals surface area contributed by atoms with Crippen molar-refractivity contribution in [3.05, 3.63) is 54.1 Å². The van der Waals surface area contributed by atoms with Gasteiger partial charge in [-0.1, -0.05) is 29.8 Å². The summed E-state index contributed by atoms with van der Waals surface area (Å²) < 4.78 is 1.11. The van der Waals surface area contributed by atoms with Crippen molar-refractivity contribution in [1.82, 2.24) is 20.0 Å². The number of fused-ring (bicyclic) bond motifs is 1. The van der Waals surface area contributed by atoms with Crippen molar-refractivity contribution in [3.8, 4) is 16.4 Å². The maximum atomic E-state index is 6.03. The van der Waals surface area contributed by atoms with Crippen LogP contribution in [0.2, 0.25) is 0 Å². The Kier molecular flexibility index (Phi) is 2.90. The highest BCUT2D eigenvalue weighted by molar-refractivity contribution is 7.21. The number of nitrogens with two attached hydrogens (primary N) is 1. The molecule has 0 radical (unpaired) electrons. The van der Waals surface area contributed by atoms with Gasteiger partial charge in [-0.15, -0.1) is 26.3 Å². The number of aryl methyl sites for hydroxylation is 1. The smallest absolute Gasteiger partial charge is 0.177 e. The van der Waals surface area contributed by atoms with Crippen molar-refractivity contribution < 1.29 is 0 Å². The minimum absolute atomic E-state index is 0.389. The van der Waals surface area contributed by atoms with Gasteiger partial charge in [-0.25, -0.2) is 4.98 Å². The van der Waals surface area contributed by atoms with Crippen LogP contribution in [0.3, 0.4) is 0 Å². The summed E-state index contributed by atoms with van der Waals surface area (Å²) in [6, 6.07) is 16.0. The molecule has 0 unspecified atom stereocenters. The molecule has 22 heavy (non-hydrogen) atoms. The van der Waals surface area contributed by atoms with Gasteiger partial charge in [0.25, 0.3) is 0 Å². The highest BCUT2D eigenvalue weighted by Crippen LogP contribution is 2.31. The molecule has 0 spiro atoms. The predicted octanol–water partition coefficient (Wildman–Crippen LogP) is 3.43. The number of hydrogen-bond acceptors (Lipinski definition) is 5. The number of anilines is 1. The number of benzene rings is 2. The third kappa shape index (κ3) is 2.14. The van der Waals surface area contributed by atoms with Gasteiger partial charge in [0.05, 0.1) is 15.9 Å². The topological polar surface area (TPSA) is 69.6 Å². The first kappa shape index (κ1) is 13.0. The molecule has 6 heteroatoms. The Bertz CT molecular complexity index is 919. The monoisotopic (exact) mass is 307 g/mol. The average molecular weight is 307 g/mol. The largest absolute Gasteiger partial charge is 0.380 e. The van der Waals surface area contributed by atoms with Crippen LogP contribution in [-0.4, -0.2) is 20.0 Å². The van der Waals surface area contributed by atoms with Crippen LogP contribution < -0.4 is 5.73 Å². The lowest BCUT2D eigenvalue weighted by Crippen LogP contribution is -1.99. The molecule has 0 aliphatic carbocycles. The average Bonchev–Trinajstić information content (AvgIpc) is 3.11. The second-order valence-electron chi connectivity index (χ2n) is 5.05. The van der Waals surface area contributed by atoms with Crippen LogP contribution in [0, 0.1) is 6.92 Å². The zero-order valence-corrected chi connectivity index (χ0v) is 12.7. The first-order valence-electron chi connectivity index (χ1n) is 6.86. The number of thiazole rings is 1. The van der Waals surface area contributed by atoms with Gasteiger partial charge < -0.3 is 5.73 Å². The van der Waals surface area contributed by atoms with E-state index in [2.05, 4.69) is 15.2 Å². The van der Waals surface area contributed by atoms with Crippen molar-refractivity contribution in [1.29, 1.82) is 0 Å². The molecular weight excluding hydrogens is 294 g/mol. The number of para-hydroxylation sites is 1. The Balaban J connectivity index is 1.81. The van der Waals surface area contributed by atoms with Crippen molar-refractivity contribution in [3.63, 3.8) is 0 Å². The molecule has 108 valence electrons. The van der Waals surface area contributed by atoms with E-state index >= 15 is 0 Å². The second-order valence-corrected chi connectivity index (χ2v) is 6.08. The minimum Gasteiger partial charge on any atom is -0.380 e. The SMILES string of the molecule is Cc1ccc(-n2nc(N)c(-c3nc4ccccc4s3)n2)cc1. The summed E-state index contributed by atoms with van der Waals surface area (Å²) in [4.78, 5) is 6.14. The molecule has 5 nitrogen and oxygen atoms in total. The predicted molar refractivity (Wildman–Crippen MR) is 89.1 cm³/mol. The Labute approximate surface area is 131 Å². The van der Waals surface area contributed by atoms with Gasteiger partial charge in [-0.2, -0.15) is 0 Å². The maximum absolute atomic E-state index is 6.03. The fraction of sp³-hybridized carbons (Fsp3) is 0.0625. The molecule has 4 rings (SSSR count). The van der Waals surface area contributed by atoms with Crippen molar-refractivity contribution >= 4 is 27.4 Å². The lowest BCUT2D eigenvalue weighted by atomic mass is 10.2. The van der Waals surface area contributed by atoms with E-state index in [-0.39, 0.29) is 0 Å². The fourth-order valence-corrected chi connectivity index (χ4v) is 3.20. The van der Waals surface area contributed by atoms with Crippen LogP contribution >= 0.6 is 11.3 Å². The highest BCUT2D eigenvalue weighted by Gasteiger charge is 2.15. The van der Waals surface area contributed by atoms with Crippen LogP contribution in [0.4, 0.5) is 5.82 Å². The summed E-state index contributed by atoms with van der Waals surface area (Å²) in [6.45, 7) is 2.04. The van der Waals surface area contributed by atoms with Crippen molar-refractivity contribution in [2.24, 2.45) is 0 Å². The molecule has 0 saturated heterocycles. The van der Waals surface area contributed by atoms with Gasteiger partial charge in [-0.05, 0) is 31.2 Å². The van der Waals surface area contributed by atoms with E-state index in [1.165, 1.54) is 5.56 Å². The van der Waals surface area contributed by atoms with E-state index in [9.17, 15) is 0 Å². The molecule has 0 amide bonds. The first-order valence-corrected chi connectivity index (χ1v) is 7.68. The molecule has 2 aromatic carbocycles. The Hall–Kier alpha value is -2.73. The van der Waals surface area contributed by atoms with E-state index < -0.39 is 0 Å². The van der Waals surface area contributed by atoms with Crippen molar-refractivity contribution in [2.75, 3.05) is 5.73 Å². The molecule has 0 atom stereocenters. The van der Waals surface area contributed by atoms with Gasteiger partial charge >= 0.3 is 0 Å². The van der Waals surface area contributed by atoms with Crippen LogP contribution in [0.15, 0.2) is 48.5 Å². The zero-order valence-electron chi connectivity index (χ0n) is 11.9. The maximum Gasteiger partial charge on any atom is 0.177 e. The van der Waals surface area contributed by atoms with Crippen LogP contribution in [0.5, 0.6) is 0 Å². The first-order chi connectivity index (χ1) is 10.7. The molecule has 0 fully saturated rings. The lowest BCUT2D eigenvalue weighted by molar-refractivity contribution is 0.756. The lowest BCUT2D eigenvalue weighted by Gasteiger charge is -1.98. The third-order valence-electron chi connectivity index (χ3n) is 3.40. The van der Waals surface area contributed by atoms with Crippen LogP contribution in [-0.2, 0) is 0 Å². The van der Waals surface area contributed by atoms with Gasteiger partial charge in [0.15, 0.2) is 11.5 Å². The normalized spacial score (nSPS) is 11.1. The number of nitrogen functional groups attached to an aromatic ring is 1. The molecule has 0 aliphatic rings. The van der Waals surface area contributed by atoms with Gasteiger partial charge in [-0.3, -0.25) is 0 Å². The Morgan fingerprint density at radius 3 is 2.55 bits per heavy atom. The van der Waals surface area contributed by atoms with E-state index in [4.69, 9.17) is 5.73 Å². The summed E-state index contributed by atoms with van der Waals surface area (Å²) in [5.41, 5.74) is 9.68. The van der Waals surface area contributed by atoms with Crippen molar-refractivity contribution in [2.45, 2.75) is 6.92 Å². The molecule has 0 bridgehead atoms. The summed E-state index contributed by atoms with van der Waals surface area (Å²) >= 11 is 1.57. The van der Waals surface area contributed by atoms with Crippen LogP contribution in [0.25, 0.3) is 26.6 Å². The molecular formula is C16H13N5S. The zero-order chi connectivity index (χ0) is 15.1. The molecule has 2 aromatic heterocycles. The van der Waals surface area contributed by atoms with Gasteiger partial charge in [0.1, 0.15) is 5.01 Å². The fourth-order valence-electron chi connectivity index (χ4n) is 2.24. The van der Waals surface area contributed by atoms with E-state index in [1.807, 2.05) is 55.5 Å². The number of nitrogens with zero attached hydrogens (tertiary/aromatic N) is 4. The third-order valence-corrected chi connectivity index (χ3v) is 4.44. The molecule has 4 aromatic rings. The second kappa shape index (κ2) is 4.92. The quantitative estimate of drug-likeness (QED) is 0.616. The molecule has 0 saturated carbocycles. The number of hydrogen-bond donors (Lipinski definition) is 1. The Morgan fingerprint density at radius 2 is 1.77 bits per heavy atom. The Morgan fingerprint density at radius 1 is 1.00 bits per heavy atom. The van der Waals surface area contributed by atoms with Crippen LogP contribution in [0.1, 0.15) is 5.56 Å². The van der Waals surface area contributed by atoms with Gasteiger partial charge in [0.2, 0.25) is 0 Å². The number of rotatable bonds is 2. The summed E-state index contributed by atoms with van der Waals surface area (Å²) in [7, 11) is 0. The summed E-state index contributed by atoms with van der Waals surface area (Å²) in [5.74, 6) is 0.389. The van der Waals surface area contributed by atoms with Gasteiger partial charge in [0, 0.05) is 0 Å². The molecule has 0 aliphatic heterocycles. The van der Waals surface area contributed by atoms with E-state index in [0.29, 0.717) is 11.5 Å². The molecule has 2 heterocycles. The highest BCUT2D eigenvalue weighted by atomic mass is 32.1. The minimum atomic E-state index is 0.389. The summed E-state index contributed by atoms with van der Waals surface area (Å²) in [5, 5.41) is 9.60. The number of aromatic nitrogens is 4.